The van der Waals surface area contributed by atoms with E-state index in [9.17, 15) is 13.2 Å². The summed E-state index contributed by atoms with van der Waals surface area (Å²) in [7, 11) is -3.74. The van der Waals surface area contributed by atoms with Crippen LogP contribution in [0.15, 0.2) is 35.2 Å². The maximum absolute atomic E-state index is 13.0. The third kappa shape index (κ3) is 2.70. The van der Waals surface area contributed by atoms with E-state index in [2.05, 4.69) is 10.2 Å². The van der Waals surface area contributed by atoms with E-state index in [0.29, 0.717) is 36.3 Å². The van der Waals surface area contributed by atoms with Crippen LogP contribution in [-0.2, 0) is 10.0 Å². The molecule has 1 atom stereocenters. The summed E-state index contributed by atoms with van der Waals surface area (Å²) in [5.41, 5.74) is 1.47. The van der Waals surface area contributed by atoms with Gasteiger partial charge in [-0.25, -0.2) is 8.42 Å². The minimum Gasteiger partial charge on any atom is -0.292 e. The molecule has 1 aromatic carbocycles. The molecule has 1 aliphatic rings. The van der Waals surface area contributed by atoms with Gasteiger partial charge in [-0.05, 0) is 26.7 Å². The SMILES string of the molecule is Cc1n[nH]c(C)c1S(=O)(=O)N1CCCC1C(=O)c1ccccc1. The van der Waals surface area contributed by atoms with Crippen LogP contribution in [0.4, 0.5) is 0 Å². The van der Waals surface area contributed by atoms with Gasteiger partial charge in [0.05, 0.1) is 17.4 Å². The highest BCUT2D eigenvalue weighted by atomic mass is 32.2. The molecule has 3 rings (SSSR count). The maximum atomic E-state index is 13.0. The van der Waals surface area contributed by atoms with Crippen LogP contribution >= 0.6 is 0 Å². The third-order valence-electron chi connectivity index (χ3n) is 4.19. The molecule has 122 valence electrons. The molecule has 1 aromatic heterocycles. The molecule has 0 aliphatic carbocycles. The molecule has 0 bridgehead atoms. The van der Waals surface area contributed by atoms with Gasteiger partial charge in [0, 0.05) is 12.1 Å². The van der Waals surface area contributed by atoms with E-state index in [0.717, 1.165) is 0 Å². The van der Waals surface area contributed by atoms with E-state index in [4.69, 9.17) is 0 Å². The standard InChI is InChI=1S/C16H19N3O3S/c1-11-16(12(2)18-17-11)23(21,22)19-10-6-9-14(19)15(20)13-7-4-3-5-8-13/h3-5,7-8,14H,6,9-10H2,1-2H3,(H,17,18). The minimum atomic E-state index is -3.74. The number of benzene rings is 1. The fourth-order valence-electron chi connectivity index (χ4n) is 3.12. The molecule has 1 N–H and O–H groups in total. The Kier molecular flexibility index (Phi) is 4.08. The van der Waals surface area contributed by atoms with Crippen LogP contribution in [0.2, 0.25) is 0 Å². The number of rotatable bonds is 4. The predicted molar refractivity (Wildman–Crippen MR) is 85.7 cm³/mol. The number of hydrogen-bond acceptors (Lipinski definition) is 4. The topological polar surface area (TPSA) is 83.1 Å². The van der Waals surface area contributed by atoms with Gasteiger partial charge in [0.15, 0.2) is 5.78 Å². The highest BCUT2D eigenvalue weighted by Gasteiger charge is 2.41. The van der Waals surface area contributed by atoms with Crippen molar-refractivity contribution >= 4 is 15.8 Å². The van der Waals surface area contributed by atoms with Crippen LogP contribution in [0, 0.1) is 13.8 Å². The Morgan fingerprint density at radius 2 is 1.96 bits per heavy atom. The highest BCUT2D eigenvalue weighted by Crippen LogP contribution is 2.30. The summed E-state index contributed by atoms with van der Waals surface area (Å²) in [6, 6.07) is 8.20. The highest BCUT2D eigenvalue weighted by molar-refractivity contribution is 7.89. The number of aromatic amines is 1. The number of nitrogens with one attached hydrogen (secondary N) is 1. The van der Waals surface area contributed by atoms with Crippen molar-refractivity contribution < 1.29 is 13.2 Å². The van der Waals surface area contributed by atoms with Crippen molar-refractivity contribution in [3.8, 4) is 0 Å². The first-order chi connectivity index (χ1) is 10.9. The molecule has 0 saturated carbocycles. The molecule has 0 amide bonds. The zero-order valence-corrected chi connectivity index (χ0v) is 13.9. The van der Waals surface area contributed by atoms with Gasteiger partial charge in [-0.2, -0.15) is 9.40 Å². The first kappa shape index (κ1) is 15.9. The van der Waals surface area contributed by atoms with Crippen molar-refractivity contribution in [2.45, 2.75) is 37.6 Å². The Bertz CT molecular complexity index is 808. The maximum Gasteiger partial charge on any atom is 0.247 e. The Hall–Kier alpha value is -1.99. The molecule has 7 heteroatoms. The van der Waals surface area contributed by atoms with Gasteiger partial charge >= 0.3 is 0 Å². The fourth-order valence-corrected chi connectivity index (χ4v) is 5.11. The van der Waals surface area contributed by atoms with Crippen LogP contribution in [0.25, 0.3) is 0 Å². The lowest BCUT2D eigenvalue weighted by Gasteiger charge is -2.23. The average Bonchev–Trinajstić information content (AvgIpc) is 3.15. The number of sulfonamides is 1. The number of carbonyl (C=O) groups is 1. The van der Waals surface area contributed by atoms with Crippen LogP contribution in [-0.4, -0.2) is 41.3 Å². The van der Waals surface area contributed by atoms with E-state index in [-0.39, 0.29) is 10.7 Å². The molecule has 0 spiro atoms. The first-order valence-corrected chi connectivity index (χ1v) is 8.99. The van der Waals surface area contributed by atoms with Gasteiger partial charge in [-0.15, -0.1) is 0 Å². The molecule has 23 heavy (non-hydrogen) atoms. The molecule has 1 saturated heterocycles. The second-order valence-corrected chi connectivity index (χ2v) is 7.59. The van der Waals surface area contributed by atoms with Crippen LogP contribution in [0.5, 0.6) is 0 Å². The number of H-pyrrole nitrogens is 1. The van der Waals surface area contributed by atoms with Gasteiger partial charge in [-0.1, -0.05) is 30.3 Å². The Balaban J connectivity index is 1.98. The van der Waals surface area contributed by atoms with Crippen LogP contribution in [0.3, 0.4) is 0 Å². The van der Waals surface area contributed by atoms with Gasteiger partial charge in [0.2, 0.25) is 10.0 Å². The van der Waals surface area contributed by atoms with Crippen LogP contribution < -0.4 is 0 Å². The van der Waals surface area contributed by atoms with Crippen molar-refractivity contribution in [1.82, 2.24) is 14.5 Å². The molecule has 2 heterocycles. The quantitative estimate of drug-likeness (QED) is 0.868. The van der Waals surface area contributed by atoms with E-state index >= 15 is 0 Å². The van der Waals surface area contributed by atoms with Gasteiger partial charge in [-0.3, -0.25) is 9.89 Å². The number of aryl methyl sites for hydroxylation is 2. The molecule has 0 radical (unpaired) electrons. The van der Waals surface area contributed by atoms with E-state index < -0.39 is 16.1 Å². The van der Waals surface area contributed by atoms with Crippen molar-refractivity contribution in [3.63, 3.8) is 0 Å². The molecule has 1 fully saturated rings. The summed E-state index contributed by atoms with van der Waals surface area (Å²) in [6.45, 7) is 3.69. The van der Waals surface area contributed by atoms with Gasteiger partial charge in [0.25, 0.3) is 0 Å². The summed E-state index contributed by atoms with van der Waals surface area (Å²) in [4.78, 5) is 12.9. The van der Waals surface area contributed by atoms with E-state index in [1.807, 2.05) is 6.07 Å². The minimum absolute atomic E-state index is 0.148. The molecule has 6 nitrogen and oxygen atoms in total. The third-order valence-corrected chi connectivity index (χ3v) is 6.36. The van der Waals surface area contributed by atoms with Crippen LogP contribution in [0.1, 0.15) is 34.6 Å². The monoisotopic (exact) mass is 333 g/mol. The molecular formula is C16H19N3O3S. The van der Waals surface area contributed by atoms with Crippen molar-refractivity contribution in [3.05, 3.63) is 47.3 Å². The first-order valence-electron chi connectivity index (χ1n) is 7.55. The summed E-state index contributed by atoms with van der Waals surface area (Å²) >= 11 is 0. The fraction of sp³-hybridized carbons (Fsp3) is 0.375. The molecule has 2 aromatic rings. The van der Waals surface area contributed by atoms with Gasteiger partial charge in [0.1, 0.15) is 4.90 Å². The summed E-state index contributed by atoms with van der Waals surface area (Å²) in [5, 5.41) is 6.67. The zero-order chi connectivity index (χ0) is 16.6. The summed E-state index contributed by atoms with van der Waals surface area (Å²) in [6.07, 6.45) is 1.22. The smallest absolute Gasteiger partial charge is 0.247 e. The van der Waals surface area contributed by atoms with Crippen molar-refractivity contribution in [1.29, 1.82) is 0 Å². The Morgan fingerprint density at radius 1 is 1.26 bits per heavy atom. The van der Waals surface area contributed by atoms with Crippen molar-refractivity contribution in [2.75, 3.05) is 6.54 Å². The average molecular weight is 333 g/mol. The Labute approximate surface area is 135 Å². The number of nitrogens with zero attached hydrogens (tertiary/aromatic N) is 2. The second kappa shape index (κ2) is 5.90. The number of Topliss-reactive ketones (excluding diaryl/α,β-unsaturated/α-hetero) is 1. The molecular weight excluding hydrogens is 314 g/mol. The number of hydrogen-bond donors (Lipinski definition) is 1. The number of carbonyl (C=O) groups excluding carboxylic acids is 1. The van der Waals surface area contributed by atoms with Crippen molar-refractivity contribution in [2.24, 2.45) is 0 Å². The lowest BCUT2D eigenvalue weighted by atomic mass is 10.0. The largest absolute Gasteiger partial charge is 0.292 e. The Morgan fingerprint density at radius 3 is 2.57 bits per heavy atom. The van der Waals surface area contributed by atoms with E-state index in [1.54, 1.807) is 38.1 Å². The second-order valence-electron chi connectivity index (χ2n) is 5.77. The summed E-state index contributed by atoms with van der Waals surface area (Å²) < 4.78 is 27.3. The predicted octanol–water partition coefficient (Wildman–Crippen LogP) is 2.06. The van der Waals surface area contributed by atoms with Gasteiger partial charge < -0.3 is 0 Å². The number of aromatic nitrogens is 2. The number of ketones is 1. The summed E-state index contributed by atoms with van der Waals surface area (Å²) in [5.74, 6) is -0.148. The zero-order valence-electron chi connectivity index (χ0n) is 13.1. The lowest BCUT2D eigenvalue weighted by Crippen LogP contribution is -2.40. The lowest BCUT2D eigenvalue weighted by molar-refractivity contribution is 0.0918. The van der Waals surface area contributed by atoms with E-state index in [1.165, 1.54) is 4.31 Å². The normalized spacial score (nSPS) is 19.1. The molecule has 1 unspecified atom stereocenters. The molecule has 1 aliphatic heterocycles.